The summed E-state index contributed by atoms with van der Waals surface area (Å²) in [5.74, 6) is -0.138. The molecule has 6 heteroatoms. The molecule has 3 rings (SSSR count). The van der Waals surface area contributed by atoms with Crippen molar-refractivity contribution in [2.75, 3.05) is 13.1 Å². The molecule has 2 aromatic rings. The number of thiazole rings is 1. The molecule has 1 saturated heterocycles. The minimum atomic E-state index is -0.147. The van der Waals surface area contributed by atoms with Crippen molar-refractivity contribution in [2.24, 2.45) is 5.92 Å². The van der Waals surface area contributed by atoms with Crippen molar-refractivity contribution in [3.05, 3.63) is 52.0 Å². The molecule has 0 unspecified atom stereocenters. The van der Waals surface area contributed by atoms with Gasteiger partial charge in [-0.3, -0.25) is 9.59 Å². The standard InChI is InChI=1S/C18H21N3O2S/c1-13-20-16(12-24-13)10-19-17(22)15-8-5-9-21(11-15)18(23)14-6-3-2-4-7-14/h2-4,6-7,12,15H,5,8-11H2,1H3,(H,19,22)/t15-/m0/s1. The van der Waals surface area contributed by atoms with E-state index in [4.69, 9.17) is 0 Å². The van der Waals surface area contributed by atoms with E-state index in [1.807, 2.05) is 42.6 Å². The molecule has 1 aliphatic rings. The summed E-state index contributed by atoms with van der Waals surface area (Å²) in [6, 6.07) is 9.24. The van der Waals surface area contributed by atoms with Crippen molar-refractivity contribution in [2.45, 2.75) is 26.3 Å². The molecule has 1 N–H and O–H groups in total. The molecule has 1 fully saturated rings. The number of amides is 2. The number of aromatic nitrogens is 1. The molecule has 2 heterocycles. The van der Waals surface area contributed by atoms with Gasteiger partial charge in [0, 0.05) is 24.0 Å². The van der Waals surface area contributed by atoms with E-state index >= 15 is 0 Å². The van der Waals surface area contributed by atoms with Gasteiger partial charge < -0.3 is 10.2 Å². The second-order valence-electron chi connectivity index (χ2n) is 6.03. The topological polar surface area (TPSA) is 62.3 Å². The van der Waals surface area contributed by atoms with Crippen LogP contribution in [0.3, 0.4) is 0 Å². The number of nitrogens with one attached hydrogen (secondary N) is 1. The lowest BCUT2D eigenvalue weighted by atomic mass is 9.96. The molecule has 1 aliphatic heterocycles. The fourth-order valence-corrected chi connectivity index (χ4v) is 3.56. The van der Waals surface area contributed by atoms with Crippen molar-refractivity contribution in [3.63, 3.8) is 0 Å². The number of likely N-dealkylation sites (tertiary alicyclic amines) is 1. The summed E-state index contributed by atoms with van der Waals surface area (Å²) in [6.45, 7) is 3.59. The van der Waals surface area contributed by atoms with E-state index in [0.717, 1.165) is 23.5 Å². The molecule has 1 atom stereocenters. The molecule has 0 aliphatic carbocycles. The third kappa shape index (κ3) is 4.00. The zero-order valence-corrected chi connectivity index (χ0v) is 14.5. The van der Waals surface area contributed by atoms with E-state index in [-0.39, 0.29) is 17.7 Å². The summed E-state index contributed by atoms with van der Waals surface area (Å²) in [4.78, 5) is 31.1. The van der Waals surface area contributed by atoms with Crippen LogP contribution in [0.2, 0.25) is 0 Å². The van der Waals surface area contributed by atoms with Gasteiger partial charge >= 0.3 is 0 Å². The summed E-state index contributed by atoms with van der Waals surface area (Å²) in [6.07, 6.45) is 1.67. The number of hydrogen-bond donors (Lipinski definition) is 1. The normalized spacial score (nSPS) is 17.5. The van der Waals surface area contributed by atoms with Crippen LogP contribution in [0.15, 0.2) is 35.7 Å². The van der Waals surface area contributed by atoms with E-state index in [0.29, 0.717) is 25.2 Å². The van der Waals surface area contributed by atoms with Crippen molar-refractivity contribution in [1.29, 1.82) is 0 Å². The minimum absolute atomic E-state index is 0.00299. The Morgan fingerprint density at radius 3 is 2.83 bits per heavy atom. The van der Waals surface area contributed by atoms with Gasteiger partial charge in [0.1, 0.15) is 0 Å². The molecule has 0 saturated carbocycles. The minimum Gasteiger partial charge on any atom is -0.350 e. The average molecular weight is 343 g/mol. The highest BCUT2D eigenvalue weighted by Crippen LogP contribution is 2.19. The fraction of sp³-hybridized carbons (Fsp3) is 0.389. The van der Waals surface area contributed by atoms with Gasteiger partial charge in [-0.1, -0.05) is 18.2 Å². The zero-order valence-electron chi connectivity index (χ0n) is 13.7. The predicted octanol–water partition coefficient (Wildman–Crippen LogP) is 2.62. The predicted molar refractivity (Wildman–Crippen MR) is 93.8 cm³/mol. The van der Waals surface area contributed by atoms with Gasteiger partial charge in [0.25, 0.3) is 5.91 Å². The van der Waals surface area contributed by atoms with E-state index < -0.39 is 0 Å². The van der Waals surface area contributed by atoms with E-state index in [1.54, 1.807) is 16.2 Å². The van der Waals surface area contributed by atoms with E-state index in [9.17, 15) is 9.59 Å². The molecule has 1 aromatic carbocycles. The first kappa shape index (κ1) is 16.6. The summed E-state index contributed by atoms with van der Waals surface area (Å²) in [7, 11) is 0. The first-order valence-electron chi connectivity index (χ1n) is 8.16. The molecule has 24 heavy (non-hydrogen) atoms. The van der Waals surface area contributed by atoms with E-state index in [1.165, 1.54) is 0 Å². The van der Waals surface area contributed by atoms with Gasteiger partial charge in [0.15, 0.2) is 0 Å². The van der Waals surface area contributed by atoms with Gasteiger partial charge in [0.05, 0.1) is 23.2 Å². The van der Waals surface area contributed by atoms with Crippen LogP contribution in [0.5, 0.6) is 0 Å². The van der Waals surface area contributed by atoms with Gasteiger partial charge in [-0.2, -0.15) is 0 Å². The Hall–Kier alpha value is -2.21. The van der Waals surface area contributed by atoms with Crippen LogP contribution in [-0.2, 0) is 11.3 Å². The molecular formula is C18H21N3O2S. The second kappa shape index (κ2) is 7.57. The summed E-state index contributed by atoms with van der Waals surface area (Å²) >= 11 is 1.58. The lowest BCUT2D eigenvalue weighted by Gasteiger charge is -2.32. The Morgan fingerprint density at radius 1 is 1.33 bits per heavy atom. The average Bonchev–Trinajstić information content (AvgIpc) is 3.05. The quantitative estimate of drug-likeness (QED) is 0.928. The molecule has 1 aromatic heterocycles. The number of rotatable bonds is 4. The summed E-state index contributed by atoms with van der Waals surface area (Å²) in [5.41, 5.74) is 1.57. The molecule has 5 nitrogen and oxygen atoms in total. The Balaban J connectivity index is 1.56. The third-order valence-corrected chi connectivity index (χ3v) is 5.03. The van der Waals surface area contributed by atoms with Crippen LogP contribution in [-0.4, -0.2) is 34.8 Å². The van der Waals surface area contributed by atoms with Crippen LogP contribution in [0.4, 0.5) is 0 Å². The maximum Gasteiger partial charge on any atom is 0.253 e. The lowest BCUT2D eigenvalue weighted by Crippen LogP contribution is -2.45. The van der Waals surface area contributed by atoms with Gasteiger partial charge in [-0.05, 0) is 31.9 Å². The molecule has 0 radical (unpaired) electrons. The molecule has 2 amide bonds. The van der Waals surface area contributed by atoms with Crippen LogP contribution < -0.4 is 5.32 Å². The number of hydrogen-bond acceptors (Lipinski definition) is 4. The monoisotopic (exact) mass is 343 g/mol. The van der Waals surface area contributed by atoms with Crippen molar-refractivity contribution >= 4 is 23.2 Å². The number of carbonyl (C=O) groups is 2. The number of piperidine rings is 1. The Kier molecular flexibility index (Phi) is 5.25. The smallest absolute Gasteiger partial charge is 0.253 e. The lowest BCUT2D eigenvalue weighted by molar-refractivity contribution is -0.126. The highest BCUT2D eigenvalue weighted by atomic mass is 32.1. The Bertz CT molecular complexity index is 714. The molecule has 126 valence electrons. The van der Waals surface area contributed by atoms with Crippen LogP contribution in [0.1, 0.15) is 33.9 Å². The molecule has 0 bridgehead atoms. The molecular weight excluding hydrogens is 322 g/mol. The van der Waals surface area contributed by atoms with Gasteiger partial charge in [-0.25, -0.2) is 4.98 Å². The summed E-state index contributed by atoms with van der Waals surface area (Å²) < 4.78 is 0. The van der Waals surface area contributed by atoms with Gasteiger partial charge in [0.2, 0.25) is 5.91 Å². The fourth-order valence-electron chi connectivity index (χ4n) is 2.95. The molecule has 0 spiro atoms. The maximum atomic E-state index is 12.5. The third-order valence-electron chi connectivity index (χ3n) is 4.21. The highest BCUT2D eigenvalue weighted by Gasteiger charge is 2.28. The van der Waals surface area contributed by atoms with Crippen LogP contribution in [0.25, 0.3) is 0 Å². The number of benzene rings is 1. The van der Waals surface area contributed by atoms with Crippen molar-refractivity contribution in [1.82, 2.24) is 15.2 Å². The summed E-state index contributed by atoms with van der Waals surface area (Å²) in [5, 5.41) is 5.91. The van der Waals surface area contributed by atoms with Crippen molar-refractivity contribution in [3.8, 4) is 0 Å². The first-order chi connectivity index (χ1) is 11.6. The Morgan fingerprint density at radius 2 is 2.12 bits per heavy atom. The largest absolute Gasteiger partial charge is 0.350 e. The van der Waals surface area contributed by atoms with E-state index in [2.05, 4.69) is 10.3 Å². The van der Waals surface area contributed by atoms with Crippen LogP contribution in [0, 0.1) is 12.8 Å². The zero-order chi connectivity index (χ0) is 16.9. The maximum absolute atomic E-state index is 12.5. The second-order valence-corrected chi connectivity index (χ2v) is 7.09. The Labute approximate surface area is 145 Å². The van der Waals surface area contributed by atoms with Gasteiger partial charge in [-0.15, -0.1) is 11.3 Å². The van der Waals surface area contributed by atoms with Crippen LogP contribution >= 0.6 is 11.3 Å². The first-order valence-corrected chi connectivity index (χ1v) is 9.04. The van der Waals surface area contributed by atoms with Crippen molar-refractivity contribution < 1.29 is 9.59 Å². The number of carbonyl (C=O) groups excluding carboxylic acids is 2. The number of nitrogens with zero attached hydrogens (tertiary/aromatic N) is 2. The SMILES string of the molecule is Cc1nc(CNC(=O)[C@H]2CCCN(C(=O)c3ccccc3)C2)cs1. The highest BCUT2D eigenvalue weighted by molar-refractivity contribution is 7.09. The number of aryl methyl sites for hydroxylation is 1.